The summed E-state index contributed by atoms with van der Waals surface area (Å²) in [5, 5.41) is 8.15. The summed E-state index contributed by atoms with van der Waals surface area (Å²) in [6.45, 7) is 0.640. The molecule has 0 atom stereocenters. The third kappa shape index (κ3) is 5.72. The molecule has 1 spiro atoms. The van der Waals surface area contributed by atoms with Gasteiger partial charge in [0, 0.05) is 31.5 Å². The Kier molecular flexibility index (Phi) is 7.45. The van der Waals surface area contributed by atoms with E-state index in [-0.39, 0.29) is 37.4 Å². The van der Waals surface area contributed by atoms with Crippen molar-refractivity contribution < 1.29 is 28.7 Å². The monoisotopic (exact) mass is 432 g/mol. The van der Waals surface area contributed by atoms with Gasteiger partial charge in [0.2, 0.25) is 5.91 Å². The van der Waals surface area contributed by atoms with Crippen LogP contribution in [0.15, 0.2) is 24.3 Å². The summed E-state index contributed by atoms with van der Waals surface area (Å²) < 4.78 is 9.74. The van der Waals surface area contributed by atoms with Crippen LogP contribution in [0.2, 0.25) is 0 Å². The number of hydrogen-bond acceptors (Lipinski definition) is 6. The number of anilines is 2. The Morgan fingerprint density at radius 3 is 2.55 bits per heavy atom. The molecule has 31 heavy (non-hydrogen) atoms. The molecule has 1 aromatic rings. The summed E-state index contributed by atoms with van der Waals surface area (Å²) in [7, 11) is 1.51. The van der Waals surface area contributed by atoms with Gasteiger partial charge in [-0.15, -0.1) is 0 Å². The van der Waals surface area contributed by atoms with Gasteiger partial charge in [0.1, 0.15) is 12.1 Å². The number of carbonyl (C=O) groups is 4. The molecule has 0 aromatic heterocycles. The van der Waals surface area contributed by atoms with Crippen molar-refractivity contribution in [2.24, 2.45) is 0 Å². The molecule has 1 saturated heterocycles. The number of rotatable bonds is 9. The molecular weight excluding hydrogens is 404 g/mol. The highest BCUT2D eigenvalue weighted by Gasteiger charge is 2.52. The number of imide groups is 1. The fourth-order valence-electron chi connectivity index (χ4n) is 3.86. The van der Waals surface area contributed by atoms with Gasteiger partial charge in [-0.2, -0.15) is 0 Å². The van der Waals surface area contributed by atoms with Crippen molar-refractivity contribution in [1.82, 2.24) is 10.2 Å². The van der Waals surface area contributed by atoms with Crippen LogP contribution in [0.1, 0.15) is 38.5 Å². The van der Waals surface area contributed by atoms with Crippen LogP contribution in [-0.4, -0.2) is 61.2 Å². The van der Waals surface area contributed by atoms with Crippen LogP contribution in [0, 0.1) is 0 Å². The minimum Gasteiger partial charge on any atom is -0.447 e. The molecule has 0 unspecified atom stereocenters. The van der Waals surface area contributed by atoms with Gasteiger partial charge in [-0.3, -0.25) is 19.8 Å². The summed E-state index contributed by atoms with van der Waals surface area (Å²) in [5.41, 5.74) is 0.262. The van der Waals surface area contributed by atoms with E-state index >= 15 is 0 Å². The molecule has 5 amide bonds. The van der Waals surface area contributed by atoms with E-state index in [1.807, 2.05) is 0 Å². The summed E-state index contributed by atoms with van der Waals surface area (Å²) in [6.07, 6.45) is 3.12. The molecule has 1 saturated carbocycles. The van der Waals surface area contributed by atoms with Gasteiger partial charge in [0.25, 0.3) is 5.91 Å². The van der Waals surface area contributed by atoms with E-state index in [1.54, 1.807) is 24.3 Å². The zero-order chi connectivity index (χ0) is 22.3. The SMILES string of the molecule is COCCOC(=O)Nc1cccc(NC(=O)CCCN2C(=O)NC3(CCCC3)C2=O)c1. The lowest BCUT2D eigenvalue weighted by molar-refractivity contribution is -0.131. The Morgan fingerprint density at radius 2 is 1.84 bits per heavy atom. The number of amides is 5. The highest BCUT2D eigenvalue weighted by Crippen LogP contribution is 2.35. The largest absolute Gasteiger partial charge is 0.447 e. The lowest BCUT2D eigenvalue weighted by Crippen LogP contribution is -2.44. The maximum atomic E-state index is 12.6. The van der Waals surface area contributed by atoms with Gasteiger partial charge in [-0.05, 0) is 37.5 Å². The topological polar surface area (TPSA) is 126 Å². The minimum absolute atomic E-state index is 0.136. The van der Waals surface area contributed by atoms with E-state index in [0.29, 0.717) is 37.2 Å². The lowest BCUT2D eigenvalue weighted by atomic mass is 9.98. The molecule has 168 valence electrons. The third-order valence-electron chi connectivity index (χ3n) is 5.40. The molecule has 1 aliphatic carbocycles. The molecule has 10 heteroatoms. The third-order valence-corrected chi connectivity index (χ3v) is 5.40. The van der Waals surface area contributed by atoms with E-state index in [2.05, 4.69) is 16.0 Å². The van der Waals surface area contributed by atoms with Crippen molar-refractivity contribution >= 4 is 35.3 Å². The Hall–Kier alpha value is -3.14. The van der Waals surface area contributed by atoms with Gasteiger partial charge in [0.05, 0.1) is 6.61 Å². The molecule has 2 fully saturated rings. The smallest absolute Gasteiger partial charge is 0.411 e. The van der Waals surface area contributed by atoms with E-state index in [0.717, 1.165) is 12.8 Å². The van der Waals surface area contributed by atoms with Crippen LogP contribution < -0.4 is 16.0 Å². The lowest BCUT2D eigenvalue weighted by Gasteiger charge is -2.19. The number of hydrogen-bond donors (Lipinski definition) is 3. The summed E-state index contributed by atoms with van der Waals surface area (Å²) in [4.78, 5) is 49.9. The highest BCUT2D eigenvalue weighted by atomic mass is 16.6. The predicted octanol–water partition coefficient (Wildman–Crippen LogP) is 2.46. The van der Waals surface area contributed by atoms with Gasteiger partial charge < -0.3 is 20.1 Å². The van der Waals surface area contributed by atoms with Crippen LogP contribution in [0.25, 0.3) is 0 Å². The molecule has 3 rings (SSSR count). The van der Waals surface area contributed by atoms with Crippen LogP contribution in [0.3, 0.4) is 0 Å². The predicted molar refractivity (Wildman–Crippen MR) is 113 cm³/mol. The zero-order valence-electron chi connectivity index (χ0n) is 17.6. The minimum atomic E-state index is -0.725. The highest BCUT2D eigenvalue weighted by molar-refractivity contribution is 6.07. The maximum Gasteiger partial charge on any atom is 0.411 e. The molecule has 10 nitrogen and oxygen atoms in total. The van der Waals surface area contributed by atoms with Crippen molar-refractivity contribution in [3.8, 4) is 0 Å². The van der Waals surface area contributed by atoms with Gasteiger partial charge in [-0.25, -0.2) is 9.59 Å². The van der Waals surface area contributed by atoms with Crippen molar-refractivity contribution in [2.75, 3.05) is 37.5 Å². The second-order valence-electron chi connectivity index (χ2n) is 7.66. The molecule has 1 aromatic carbocycles. The van der Waals surface area contributed by atoms with Gasteiger partial charge in [0.15, 0.2) is 0 Å². The van der Waals surface area contributed by atoms with Crippen molar-refractivity contribution in [3.63, 3.8) is 0 Å². The molecule has 2 aliphatic rings. The van der Waals surface area contributed by atoms with Crippen molar-refractivity contribution in [1.29, 1.82) is 0 Å². The maximum absolute atomic E-state index is 12.6. The van der Waals surface area contributed by atoms with Crippen LogP contribution in [-0.2, 0) is 19.1 Å². The summed E-state index contributed by atoms with van der Waals surface area (Å²) >= 11 is 0. The van der Waals surface area contributed by atoms with Crippen LogP contribution >= 0.6 is 0 Å². The van der Waals surface area contributed by atoms with E-state index in [4.69, 9.17) is 9.47 Å². The number of benzene rings is 1. The normalized spacial score (nSPS) is 17.0. The number of ether oxygens (including phenoxy) is 2. The van der Waals surface area contributed by atoms with Crippen molar-refractivity contribution in [2.45, 2.75) is 44.1 Å². The van der Waals surface area contributed by atoms with Gasteiger partial charge >= 0.3 is 12.1 Å². The Balaban J connectivity index is 1.43. The molecule has 0 radical (unpaired) electrons. The molecule has 1 aliphatic heterocycles. The Morgan fingerprint density at radius 1 is 1.13 bits per heavy atom. The fraction of sp³-hybridized carbons (Fsp3) is 0.524. The molecular formula is C21H28N4O6. The number of nitrogens with one attached hydrogen (secondary N) is 3. The average molecular weight is 432 g/mol. The fourth-order valence-corrected chi connectivity index (χ4v) is 3.86. The van der Waals surface area contributed by atoms with E-state index in [1.165, 1.54) is 12.0 Å². The van der Waals surface area contributed by atoms with Gasteiger partial charge in [-0.1, -0.05) is 18.9 Å². The first kappa shape index (κ1) is 22.5. The Labute approximate surface area is 180 Å². The molecule has 0 bridgehead atoms. The first-order valence-electron chi connectivity index (χ1n) is 10.4. The second kappa shape index (κ2) is 10.3. The van der Waals surface area contributed by atoms with E-state index in [9.17, 15) is 19.2 Å². The molecule has 3 N–H and O–H groups in total. The zero-order valence-corrected chi connectivity index (χ0v) is 17.6. The first-order chi connectivity index (χ1) is 14.9. The average Bonchev–Trinajstić information content (AvgIpc) is 3.28. The quantitative estimate of drug-likeness (QED) is 0.406. The van der Waals surface area contributed by atoms with Crippen LogP contribution in [0.4, 0.5) is 21.0 Å². The van der Waals surface area contributed by atoms with Crippen molar-refractivity contribution in [3.05, 3.63) is 24.3 Å². The summed E-state index contributed by atoms with van der Waals surface area (Å²) in [6, 6.07) is 6.29. The van der Waals surface area contributed by atoms with E-state index < -0.39 is 11.6 Å². The number of urea groups is 1. The van der Waals surface area contributed by atoms with Crippen LogP contribution in [0.5, 0.6) is 0 Å². The number of nitrogens with zero attached hydrogens (tertiary/aromatic N) is 1. The number of methoxy groups -OCH3 is 1. The first-order valence-corrected chi connectivity index (χ1v) is 10.4. The molecule has 1 heterocycles. The standard InChI is InChI=1S/C21H28N4O6/c1-30-12-13-31-20(29)23-16-7-4-6-15(14-16)22-17(26)8-5-11-25-18(27)21(24-19(25)28)9-2-3-10-21/h4,6-7,14H,2-3,5,8-13H2,1H3,(H,22,26)(H,23,29)(H,24,28). The second-order valence-corrected chi connectivity index (χ2v) is 7.66. The summed E-state index contributed by atoms with van der Waals surface area (Å²) in [5.74, 6) is -0.422. The number of carbonyl (C=O) groups excluding carboxylic acids is 4. The Bertz CT molecular complexity index is 837.